The number of aromatic nitrogens is 2. The lowest BCUT2D eigenvalue weighted by Gasteiger charge is -2.23. The molecule has 6 heteroatoms. The lowest BCUT2D eigenvalue weighted by atomic mass is 10.2. The smallest absolute Gasteiger partial charge is 0.290 e. The average molecular weight is 315 g/mol. The Bertz CT molecular complexity index is 702. The molecule has 1 amide bonds. The van der Waals surface area contributed by atoms with Crippen LogP contribution in [0.1, 0.15) is 34.7 Å². The van der Waals surface area contributed by atoms with Gasteiger partial charge in [0.2, 0.25) is 0 Å². The highest BCUT2D eigenvalue weighted by Crippen LogP contribution is 2.29. The van der Waals surface area contributed by atoms with E-state index < -0.39 is 0 Å². The number of hydrogen-bond acceptors (Lipinski definition) is 4. The Morgan fingerprint density at radius 3 is 3.00 bits per heavy atom. The SMILES string of the molecule is Cc1ccoc1C(=O)N1Cc2ccnn2C[C@H](OCC2CC2)C1. The van der Waals surface area contributed by atoms with Crippen molar-refractivity contribution in [3.63, 3.8) is 0 Å². The van der Waals surface area contributed by atoms with Crippen LogP contribution < -0.4 is 0 Å². The van der Waals surface area contributed by atoms with Gasteiger partial charge in [-0.1, -0.05) is 0 Å². The van der Waals surface area contributed by atoms with E-state index in [-0.39, 0.29) is 12.0 Å². The van der Waals surface area contributed by atoms with E-state index in [1.54, 1.807) is 12.5 Å². The number of aryl methyl sites for hydroxylation is 1. The van der Waals surface area contributed by atoms with Crippen molar-refractivity contribution in [3.8, 4) is 0 Å². The lowest BCUT2D eigenvalue weighted by Crippen LogP contribution is -2.37. The minimum atomic E-state index is -0.0813. The van der Waals surface area contributed by atoms with Crippen LogP contribution in [0.2, 0.25) is 0 Å². The average Bonchev–Trinajstić information content (AvgIpc) is 3.18. The molecule has 1 atom stereocenters. The van der Waals surface area contributed by atoms with Crippen molar-refractivity contribution < 1.29 is 13.9 Å². The van der Waals surface area contributed by atoms with Gasteiger partial charge in [0.05, 0.1) is 31.2 Å². The summed E-state index contributed by atoms with van der Waals surface area (Å²) in [7, 11) is 0. The van der Waals surface area contributed by atoms with Crippen molar-refractivity contribution in [1.29, 1.82) is 0 Å². The molecule has 0 aromatic carbocycles. The van der Waals surface area contributed by atoms with E-state index >= 15 is 0 Å². The van der Waals surface area contributed by atoms with E-state index in [0.717, 1.165) is 17.9 Å². The topological polar surface area (TPSA) is 60.5 Å². The van der Waals surface area contributed by atoms with Gasteiger partial charge in [-0.3, -0.25) is 9.48 Å². The summed E-state index contributed by atoms with van der Waals surface area (Å²) >= 11 is 0. The number of ether oxygens (including phenoxy) is 1. The van der Waals surface area contributed by atoms with E-state index in [4.69, 9.17) is 9.15 Å². The summed E-state index contributed by atoms with van der Waals surface area (Å²) in [4.78, 5) is 14.6. The molecule has 23 heavy (non-hydrogen) atoms. The summed E-state index contributed by atoms with van der Waals surface area (Å²) in [6.07, 6.45) is 5.82. The summed E-state index contributed by atoms with van der Waals surface area (Å²) in [5.74, 6) is 1.04. The molecule has 3 heterocycles. The van der Waals surface area contributed by atoms with Gasteiger partial charge >= 0.3 is 0 Å². The molecule has 1 fully saturated rings. The highest BCUT2D eigenvalue weighted by Gasteiger charge is 2.30. The predicted molar refractivity (Wildman–Crippen MR) is 82.9 cm³/mol. The van der Waals surface area contributed by atoms with Crippen molar-refractivity contribution in [2.45, 2.75) is 39.0 Å². The number of carbonyl (C=O) groups excluding carboxylic acids is 1. The molecule has 2 aromatic heterocycles. The molecule has 0 bridgehead atoms. The zero-order valence-corrected chi connectivity index (χ0v) is 13.3. The summed E-state index contributed by atoms with van der Waals surface area (Å²) < 4.78 is 13.4. The maximum atomic E-state index is 12.8. The van der Waals surface area contributed by atoms with Gasteiger partial charge in [-0.15, -0.1) is 0 Å². The Morgan fingerprint density at radius 2 is 2.26 bits per heavy atom. The van der Waals surface area contributed by atoms with E-state index in [2.05, 4.69) is 5.10 Å². The first-order valence-electron chi connectivity index (χ1n) is 8.16. The second-order valence-electron chi connectivity index (χ2n) is 6.52. The molecule has 0 radical (unpaired) electrons. The summed E-state index contributed by atoms with van der Waals surface area (Å²) in [5.41, 5.74) is 1.89. The maximum Gasteiger partial charge on any atom is 0.290 e. The molecule has 0 unspecified atom stereocenters. The zero-order valence-electron chi connectivity index (χ0n) is 13.3. The van der Waals surface area contributed by atoms with Crippen LogP contribution >= 0.6 is 0 Å². The highest BCUT2D eigenvalue weighted by molar-refractivity contribution is 5.92. The predicted octanol–water partition coefficient (Wildman–Crippen LogP) is 2.24. The minimum Gasteiger partial charge on any atom is -0.459 e. The van der Waals surface area contributed by atoms with Crippen molar-refractivity contribution >= 4 is 5.91 Å². The van der Waals surface area contributed by atoms with Crippen LogP contribution in [0.15, 0.2) is 29.0 Å². The lowest BCUT2D eigenvalue weighted by molar-refractivity contribution is 0.0128. The molecule has 4 rings (SSSR count). The number of furan rings is 1. The molecule has 2 aliphatic rings. The fourth-order valence-electron chi connectivity index (χ4n) is 2.97. The Labute approximate surface area is 135 Å². The molecule has 2 aromatic rings. The summed E-state index contributed by atoms with van der Waals surface area (Å²) in [6.45, 7) is 4.45. The number of fused-ring (bicyclic) bond motifs is 1. The standard InChI is InChI=1S/C17H21N3O3/c1-12-5-7-22-16(12)17(21)19-8-14-4-6-18-20(14)10-15(9-19)23-11-13-2-3-13/h4-7,13,15H,2-3,8-11H2,1H3/t15-/m1/s1. The van der Waals surface area contributed by atoms with Gasteiger partial charge in [0, 0.05) is 24.9 Å². The van der Waals surface area contributed by atoms with Gasteiger partial charge in [-0.2, -0.15) is 5.10 Å². The molecule has 1 saturated carbocycles. The third-order valence-electron chi connectivity index (χ3n) is 4.57. The summed E-state index contributed by atoms with van der Waals surface area (Å²) in [6, 6.07) is 3.77. The fourth-order valence-corrected chi connectivity index (χ4v) is 2.97. The van der Waals surface area contributed by atoms with Crippen molar-refractivity contribution in [3.05, 3.63) is 41.6 Å². The van der Waals surface area contributed by atoms with Gasteiger partial charge in [0.25, 0.3) is 5.91 Å². The normalized spacial score (nSPS) is 21.1. The van der Waals surface area contributed by atoms with Crippen molar-refractivity contribution in [1.82, 2.24) is 14.7 Å². The van der Waals surface area contributed by atoms with Crippen LogP contribution in [0.4, 0.5) is 0 Å². The molecule has 1 aliphatic carbocycles. The van der Waals surface area contributed by atoms with Crippen LogP contribution in [0, 0.1) is 12.8 Å². The number of rotatable bonds is 4. The molecule has 0 N–H and O–H groups in total. The first-order valence-corrected chi connectivity index (χ1v) is 8.16. The molecule has 0 saturated heterocycles. The van der Waals surface area contributed by atoms with Crippen LogP contribution in [0.5, 0.6) is 0 Å². The monoisotopic (exact) mass is 315 g/mol. The van der Waals surface area contributed by atoms with Gasteiger partial charge in [0.1, 0.15) is 0 Å². The number of carbonyl (C=O) groups is 1. The quantitative estimate of drug-likeness (QED) is 0.868. The fraction of sp³-hybridized carbons (Fsp3) is 0.529. The highest BCUT2D eigenvalue weighted by atomic mass is 16.5. The van der Waals surface area contributed by atoms with E-state index in [9.17, 15) is 4.79 Å². The van der Waals surface area contributed by atoms with E-state index in [1.807, 2.05) is 28.6 Å². The number of hydrogen-bond donors (Lipinski definition) is 0. The second kappa shape index (κ2) is 5.85. The number of nitrogens with zero attached hydrogens (tertiary/aromatic N) is 3. The van der Waals surface area contributed by atoms with Gasteiger partial charge in [-0.25, -0.2) is 0 Å². The molecule has 0 spiro atoms. The van der Waals surface area contributed by atoms with Crippen molar-refractivity contribution in [2.75, 3.05) is 13.2 Å². The minimum absolute atomic E-state index is 0.0315. The van der Waals surface area contributed by atoms with Crippen LogP contribution in [0.25, 0.3) is 0 Å². The molecule has 122 valence electrons. The molecular weight excluding hydrogens is 294 g/mol. The molecule has 6 nitrogen and oxygen atoms in total. The summed E-state index contributed by atoms with van der Waals surface area (Å²) in [5, 5.41) is 4.36. The first kappa shape index (κ1) is 14.5. The zero-order chi connectivity index (χ0) is 15.8. The van der Waals surface area contributed by atoms with Gasteiger partial charge in [0.15, 0.2) is 5.76 Å². The molecule has 1 aliphatic heterocycles. The Hall–Kier alpha value is -2.08. The largest absolute Gasteiger partial charge is 0.459 e. The first-order chi connectivity index (χ1) is 11.2. The van der Waals surface area contributed by atoms with Gasteiger partial charge < -0.3 is 14.1 Å². The van der Waals surface area contributed by atoms with Gasteiger partial charge in [-0.05, 0) is 37.8 Å². The number of amides is 1. The Balaban J connectivity index is 1.55. The van der Waals surface area contributed by atoms with E-state index in [0.29, 0.717) is 31.3 Å². The Morgan fingerprint density at radius 1 is 1.39 bits per heavy atom. The van der Waals surface area contributed by atoms with Crippen LogP contribution in [-0.2, 0) is 17.8 Å². The van der Waals surface area contributed by atoms with E-state index in [1.165, 1.54) is 12.8 Å². The maximum absolute atomic E-state index is 12.8. The third kappa shape index (κ3) is 3.03. The third-order valence-corrected chi connectivity index (χ3v) is 4.57. The second-order valence-corrected chi connectivity index (χ2v) is 6.52. The Kier molecular flexibility index (Phi) is 3.69. The van der Waals surface area contributed by atoms with Crippen LogP contribution in [0.3, 0.4) is 0 Å². The molecular formula is C17H21N3O3. The van der Waals surface area contributed by atoms with Crippen molar-refractivity contribution in [2.24, 2.45) is 5.92 Å². The van der Waals surface area contributed by atoms with Crippen LogP contribution in [-0.4, -0.2) is 39.8 Å².